The first-order chi connectivity index (χ1) is 14.6. The lowest BCUT2D eigenvalue weighted by Gasteiger charge is -2.16. The Labute approximate surface area is 174 Å². The van der Waals surface area contributed by atoms with Gasteiger partial charge in [-0.25, -0.2) is 4.98 Å². The van der Waals surface area contributed by atoms with Gasteiger partial charge in [0, 0.05) is 47.9 Å². The first kappa shape index (κ1) is 21.0. The summed E-state index contributed by atoms with van der Waals surface area (Å²) < 4.78 is 39.7. The van der Waals surface area contributed by atoms with Crippen LogP contribution in [0.1, 0.15) is 30.2 Å². The number of aryl methyl sites for hydroxylation is 2. The van der Waals surface area contributed by atoms with E-state index in [-0.39, 0.29) is 22.9 Å². The van der Waals surface area contributed by atoms with E-state index < -0.39 is 18.0 Å². The van der Waals surface area contributed by atoms with Gasteiger partial charge in [0.25, 0.3) is 5.56 Å². The van der Waals surface area contributed by atoms with E-state index in [0.29, 0.717) is 27.8 Å². The third-order valence-corrected chi connectivity index (χ3v) is 5.32. The van der Waals surface area contributed by atoms with Crippen molar-refractivity contribution < 1.29 is 23.1 Å². The van der Waals surface area contributed by atoms with E-state index in [2.05, 4.69) is 15.3 Å². The van der Waals surface area contributed by atoms with Crippen LogP contribution in [-0.4, -0.2) is 31.7 Å². The number of hydrogen-bond acceptors (Lipinski definition) is 5. The van der Waals surface area contributed by atoms with Crippen LogP contribution < -0.4 is 10.9 Å². The lowest BCUT2D eigenvalue weighted by atomic mass is 10.0. The van der Waals surface area contributed by atoms with Crippen molar-refractivity contribution in [3.63, 3.8) is 0 Å². The summed E-state index contributed by atoms with van der Waals surface area (Å²) in [6.07, 6.45) is -3.15. The van der Waals surface area contributed by atoms with Gasteiger partial charge in [0.2, 0.25) is 5.91 Å². The van der Waals surface area contributed by atoms with Gasteiger partial charge in [-0.3, -0.25) is 14.6 Å². The van der Waals surface area contributed by atoms with Crippen LogP contribution in [0.2, 0.25) is 0 Å². The summed E-state index contributed by atoms with van der Waals surface area (Å²) in [5.41, 5.74) is 0.586. The molecule has 31 heavy (non-hydrogen) atoms. The molecular weight excluding hydrogens is 413 g/mol. The number of pyridine rings is 3. The fourth-order valence-corrected chi connectivity index (χ4v) is 3.38. The fourth-order valence-electron chi connectivity index (χ4n) is 3.38. The molecule has 0 aromatic carbocycles. The zero-order valence-corrected chi connectivity index (χ0v) is 16.7. The summed E-state index contributed by atoms with van der Waals surface area (Å²) in [7, 11) is 1.56. The number of hydrogen-bond donors (Lipinski definition) is 2. The summed E-state index contributed by atoms with van der Waals surface area (Å²) in [5.74, 6) is 0.254. The maximum atomic E-state index is 13.0. The Morgan fingerprint density at radius 2 is 1.90 bits per heavy atom. The van der Waals surface area contributed by atoms with Gasteiger partial charge in [-0.05, 0) is 37.5 Å². The van der Waals surface area contributed by atoms with Crippen LogP contribution in [0.25, 0.3) is 22.0 Å². The number of amides is 1. The number of alkyl halides is 3. The third kappa shape index (κ3) is 4.02. The highest BCUT2D eigenvalue weighted by atomic mass is 19.4. The smallest absolute Gasteiger partial charge is 0.378 e. The van der Waals surface area contributed by atoms with Crippen molar-refractivity contribution in [3.05, 3.63) is 52.2 Å². The topological polar surface area (TPSA) is 97.1 Å². The molecule has 0 radical (unpaired) electrons. The number of carbonyl (C=O) groups is 1. The molecule has 1 amide bonds. The Bertz CT molecular complexity index is 1250. The van der Waals surface area contributed by atoms with Gasteiger partial charge in [-0.1, -0.05) is 0 Å². The largest absolute Gasteiger partial charge is 0.420 e. The highest BCUT2D eigenvalue weighted by molar-refractivity contribution is 5.95. The van der Waals surface area contributed by atoms with E-state index in [4.69, 9.17) is 0 Å². The van der Waals surface area contributed by atoms with E-state index in [0.717, 1.165) is 25.1 Å². The third-order valence-electron chi connectivity index (χ3n) is 5.32. The van der Waals surface area contributed by atoms with Crippen molar-refractivity contribution in [2.45, 2.75) is 32.0 Å². The summed E-state index contributed by atoms with van der Waals surface area (Å²) >= 11 is 0. The van der Waals surface area contributed by atoms with Crippen molar-refractivity contribution in [3.8, 4) is 11.1 Å². The number of halogens is 3. The van der Waals surface area contributed by atoms with Crippen LogP contribution in [0.5, 0.6) is 0 Å². The number of aliphatic hydroxyl groups is 1. The van der Waals surface area contributed by atoms with Gasteiger partial charge in [0.15, 0.2) is 6.10 Å². The molecule has 0 bridgehead atoms. The second-order valence-corrected chi connectivity index (χ2v) is 7.68. The minimum Gasteiger partial charge on any atom is -0.378 e. The van der Waals surface area contributed by atoms with Crippen LogP contribution in [-0.2, 0) is 11.8 Å². The van der Waals surface area contributed by atoms with Crippen molar-refractivity contribution in [2.24, 2.45) is 13.0 Å². The van der Waals surface area contributed by atoms with E-state index in [9.17, 15) is 27.9 Å². The summed E-state index contributed by atoms with van der Waals surface area (Å²) in [4.78, 5) is 32.9. The van der Waals surface area contributed by atoms with Crippen molar-refractivity contribution in [1.82, 2.24) is 14.5 Å². The van der Waals surface area contributed by atoms with E-state index in [1.54, 1.807) is 26.1 Å². The molecule has 1 aliphatic rings. The van der Waals surface area contributed by atoms with Crippen LogP contribution in [0.4, 0.5) is 19.0 Å². The molecule has 4 rings (SSSR count). The van der Waals surface area contributed by atoms with Crippen LogP contribution >= 0.6 is 0 Å². The number of anilines is 1. The van der Waals surface area contributed by atoms with E-state index in [1.807, 2.05) is 0 Å². The number of aliphatic hydroxyl groups excluding tert-OH is 1. The summed E-state index contributed by atoms with van der Waals surface area (Å²) in [6.45, 7) is 1.54. The Kier molecular flexibility index (Phi) is 5.04. The first-order valence-corrected chi connectivity index (χ1v) is 9.58. The van der Waals surface area contributed by atoms with Gasteiger partial charge in [0.1, 0.15) is 5.82 Å². The zero-order chi connectivity index (χ0) is 22.5. The molecule has 0 aliphatic heterocycles. The average molecular weight is 432 g/mol. The predicted molar refractivity (Wildman–Crippen MR) is 107 cm³/mol. The predicted octanol–water partition coefficient (Wildman–Crippen LogP) is 3.25. The quantitative estimate of drug-likeness (QED) is 0.660. The maximum Gasteiger partial charge on any atom is 0.420 e. The Balaban J connectivity index is 1.74. The normalized spacial score (nSPS) is 15.2. The number of carbonyl (C=O) groups excluding carboxylic acids is 1. The Hall–Kier alpha value is -3.27. The molecule has 3 aromatic rings. The van der Waals surface area contributed by atoms with Crippen LogP contribution in [0.15, 0.2) is 35.4 Å². The zero-order valence-electron chi connectivity index (χ0n) is 16.7. The molecule has 10 heteroatoms. The van der Waals surface area contributed by atoms with Gasteiger partial charge in [-0.15, -0.1) is 0 Å². The molecule has 3 heterocycles. The highest BCUT2D eigenvalue weighted by Gasteiger charge is 2.40. The molecule has 0 unspecified atom stereocenters. The molecule has 1 atom stereocenters. The minimum absolute atomic E-state index is 0.0120. The van der Waals surface area contributed by atoms with Gasteiger partial charge in [-0.2, -0.15) is 13.2 Å². The molecule has 1 fully saturated rings. The Morgan fingerprint density at radius 1 is 1.19 bits per heavy atom. The van der Waals surface area contributed by atoms with Crippen molar-refractivity contribution >= 4 is 22.6 Å². The molecule has 2 N–H and O–H groups in total. The molecule has 7 nitrogen and oxygen atoms in total. The number of fused-ring (bicyclic) bond motifs is 1. The summed E-state index contributed by atoms with van der Waals surface area (Å²) in [6, 6.07) is 4.31. The molecule has 0 spiro atoms. The molecule has 3 aromatic heterocycles. The highest BCUT2D eigenvalue weighted by Crippen LogP contribution is 2.33. The van der Waals surface area contributed by atoms with Crippen LogP contribution in [0.3, 0.4) is 0 Å². The lowest BCUT2D eigenvalue weighted by Crippen LogP contribution is -2.22. The number of nitrogens with one attached hydrogen (secondary N) is 1. The molecular formula is C21H19F3N4O3. The Morgan fingerprint density at radius 3 is 2.52 bits per heavy atom. The molecule has 162 valence electrons. The van der Waals surface area contributed by atoms with Crippen molar-refractivity contribution in [1.29, 1.82) is 0 Å². The second-order valence-electron chi connectivity index (χ2n) is 7.68. The average Bonchev–Trinajstić information content (AvgIpc) is 3.55. The SMILES string of the molecule is Cc1cc([C@@H](O)C(F)(F)F)ncc1-c1cc2cnc(NC(=O)C3CC3)cc2n(C)c1=O. The monoisotopic (exact) mass is 432 g/mol. The first-order valence-electron chi connectivity index (χ1n) is 9.58. The van der Waals surface area contributed by atoms with Gasteiger partial charge < -0.3 is 15.0 Å². The van der Waals surface area contributed by atoms with E-state index >= 15 is 0 Å². The van der Waals surface area contributed by atoms with Gasteiger partial charge >= 0.3 is 6.18 Å². The van der Waals surface area contributed by atoms with Crippen LogP contribution in [0, 0.1) is 12.8 Å². The minimum atomic E-state index is -4.83. The molecule has 0 saturated heterocycles. The molecule has 1 aliphatic carbocycles. The molecule has 1 saturated carbocycles. The second kappa shape index (κ2) is 7.45. The summed E-state index contributed by atoms with van der Waals surface area (Å²) in [5, 5.41) is 12.8. The fraction of sp³-hybridized carbons (Fsp3) is 0.333. The van der Waals surface area contributed by atoms with Gasteiger partial charge in [0.05, 0.1) is 11.2 Å². The standard InChI is InChI=1S/C21H19F3N4O3/c1-10-5-15(18(29)21(22,23)24)25-9-14(10)13-6-12-8-26-17(27-19(30)11-3-4-11)7-16(12)28(2)20(13)31/h5-9,11,18,29H,3-4H2,1-2H3,(H,26,27,30)/t18-/m1/s1. The number of nitrogens with zero attached hydrogens (tertiary/aromatic N) is 3. The van der Waals surface area contributed by atoms with Crippen molar-refractivity contribution in [2.75, 3.05) is 5.32 Å². The number of rotatable bonds is 4. The van der Waals surface area contributed by atoms with E-state index in [1.165, 1.54) is 10.8 Å². The maximum absolute atomic E-state index is 13.0. The lowest BCUT2D eigenvalue weighted by molar-refractivity contribution is -0.207. The number of aromatic nitrogens is 3.